The molecule has 0 unspecified atom stereocenters. The molecular weight excluding hydrogens is 238 g/mol. The SMILES string of the molecule is O=C([C@H]1O[C@H]1c1ccc(Cl)cc1)n1cccc1. The van der Waals surface area contributed by atoms with Gasteiger partial charge < -0.3 is 4.74 Å². The Kier molecular flexibility index (Phi) is 2.50. The molecule has 0 amide bonds. The third-order valence-corrected chi connectivity index (χ3v) is 3.04. The van der Waals surface area contributed by atoms with Crippen molar-refractivity contribution < 1.29 is 9.53 Å². The van der Waals surface area contributed by atoms with Crippen LogP contribution in [0.25, 0.3) is 0 Å². The van der Waals surface area contributed by atoms with Crippen molar-refractivity contribution in [1.29, 1.82) is 0 Å². The van der Waals surface area contributed by atoms with E-state index in [1.807, 2.05) is 24.3 Å². The zero-order valence-electron chi connectivity index (χ0n) is 8.92. The van der Waals surface area contributed by atoms with Crippen LogP contribution in [0.4, 0.5) is 0 Å². The number of epoxide rings is 1. The van der Waals surface area contributed by atoms with Gasteiger partial charge in [0.05, 0.1) is 0 Å². The van der Waals surface area contributed by atoms with Crippen molar-refractivity contribution in [3.8, 4) is 0 Å². The highest BCUT2D eigenvalue weighted by Crippen LogP contribution is 2.39. The maximum absolute atomic E-state index is 11.9. The molecule has 3 rings (SSSR count). The summed E-state index contributed by atoms with van der Waals surface area (Å²) in [4.78, 5) is 11.9. The van der Waals surface area contributed by atoms with Crippen molar-refractivity contribution in [2.75, 3.05) is 0 Å². The van der Waals surface area contributed by atoms with Gasteiger partial charge in [-0.3, -0.25) is 9.36 Å². The van der Waals surface area contributed by atoms with Crippen molar-refractivity contribution in [2.45, 2.75) is 12.2 Å². The zero-order valence-corrected chi connectivity index (χ0v) is 9.67. The summed E-state index contributed by atoms with van der Waals surface area (Å²) in [5.41, 5.74) is 0.986. The minimum absolute atomic E-state index is 0.0325. The van der Waals surface area contributed by atoms with E-state index in [1.54, 1.807) is 29.1 Å². The van der Waals surface area contributed by atoms with E-state index in [0.717, 1.165) is 5.56 Å². The molecule has 0 aliphatic carbocycles. The number of carbonyl (C=O) groups is 1. The zero-order chi connectivity index (χ0) is 11.8. The largest absolute Gasteiger partial charge is 0.354 e. The van der Waals surface area contributed by atoms with Crippen molar-refractivity contribution in [2.24, 2.45) is 0 Å². The van der Waals surface area contributed by atoms with Gasteiger partial charge in [-0.2, -0.15) is 0 Å². The first-order valence-electron chi connectivity index (χ1n) is 5.34. The lowest BCUT2D eigenvalue weighted by Crippen LogP contribution is -2.15. The smallest absolute Gasteiger partial charge is 0.262 e. The number of hydrogen-bond donors (Lipinski definition) is 0. The fourth-order valence-corrected chi connectivity index (χ4v) is 1.96. The van der Waals surface area contributed by atoms with Gasteiger partial charge in [0.2, 0.25) is 0 Å². The van der Waals surface area contributed by atoms with Gasteiger partial charge in [0.25, 0.3) is 5.91 Å². The molecule has 3 nitrogen and oxygen atoms in total. The van der Waals surface area contributed by atoms with E-state index in [2.05, 4.69) is 0 Å². The molecule has 1 aromatic heterocycles. The Morgan fingerprint density at radius 1 is 1.18 bits per heavy atom. The molecule has 1 aromatic carbocycles. The lowest BCUT2D eigenvalue weighted by atomic mass is 10.1. The van der Waals surface area contributed by atoms with E-state index in [0.29, 0.717) is 5.02 Å². The van der Waals surface area contributed by atoms with Crippen LogP contribution in [0.5, 0.6) is 0 Å². The van der Waals surface area contributed by atoms with Crippen LogP contribution in [0.3, 0.4) is 0 Å². The fourth-order valence-electron chi connectivity index (χ4n) is 1.83. The quantitative estimate of drug-likeness (QED) is 0.765. The molecule has 1 aliphatic heterocycles. The number of aromatic nitrogens is 1. The second kappa shape index (κ2) is 4.02. The Balaban J connectivity index is 1.74. The fraction of sp³-hybridized carbons (Fsp3) is 0.154. The highest BCUT2D eigenvalue weighted by atomic mass is 35.5. The second-order valence-electron chi connectivity index (χ2n) is 3.96. The minimum atomic E-state index is -0.372. The topological polar surface area (TPSA) is 34.5 Å². The van der Waals surface area contributed by atoms with E-state index in [-0.39, 0.29) is 18.1 Å². The van der Waals surface area contributed by atoms with Crippen molar-refractivity contribution in [3.05, 3.63) is 59.4 Å². The summed E-state index contributed by atoms with van der Waals surface area (Å²) in [5.74, 6) is -0.0325. The van der Waals surface area contributed by atoms with Crippen molar-refractivity contribution in [3.63, 3.8) is 0 Å². The predicted molar refractivity (Wildman–Crippen MR) is 64.1 cm³/mol. The van der Waals surface area contributed by atoms with Gasteiger partial charge in [-0.25, -0.2) is 0 Å². The molecule has 4 heteroatoms. The predicted octanol–water partition coefficient (Wildman–Crippen LogP) is 2.92. The molecule has 17 heavy (non-hydrogen) atoms. The van der Waals surface area contributed by atoms with Gasteiger partial charge in [0.1, 0.15) is 6.10 Å². The van der Waals surface area contributed by atoms with Crippen LogP contribution in [0.1, 0.15) is 16.5 Å². The van der Waals surface area contributed by atoms with Gasteiger partial charge in [0.15, 0.2) is 6.10 Å². The molecule has 0 spiro atoms. The Bertz CT molecular complexity index is 533. The highest BCUT2D eigenvalue weighted by Gasteiger charge is 2.46. The molecule has 0 saturated carbocycles. The normalized spacial score (nSPS) is 22.4. The minimum Gasteiger partial charge on any atom is -0.354 e. The summed E-state index contributed by atoms with van der Waals surface area (Å²) >= 11 is 5.81. The number of benzene rings is 1. The summed E-state index contributed by atoms with van der Waals surface area (Å²) in [7, 11) is 0. The lowest BCUT2D eigenvalue weighted by molar-refractivity contribution is 0.0872. The van der Waals surface area contributed by atoms with E-state index in [9.17, 15) is 4.79 Å². The molecule has 86 valence electrons. The van der Waals surface area contributed by atoms with Gasteiger partial charge in [-0.05, 0) is 29.8 Å². The first kappa shape index (κ1) is 10.6. The number of halogens is 1. The number of rotatable bonds is 2. The van der Waals surface area contributed by atoms with Crippen LogP contribution in [0.15, 0.2) is 48.8 Å². The Morgan fingerprint density at radius 3 is 2.47 bits per heavy atom. The molecule has 2 heterocycles. The molecule has 1 aliphatic rings. The van der Waals surface area contributed by atoms with E-state index in [4.69, 9.17) is 16.3 Å². The summed E-state index contributed by atoms with van der Waals surface area (Å²) < 4.78 is 6.96. The number of carbonyl (C=O) groups excluding carboxylic acids is 1. The number of ether oxygens (including phenoxy) is 1. The van der Waals surface area contributed by atoms with Crippen LogP contribution >= 0.6 is 11.6 Å². The van der Waals surface area contributed by atoms with E-state index >= 15 is 0 Å². The number of nitrogens with zero attached hydrogens (tertiary/aromatic N) is 1. The number of hydrogen-bond acceptors (Lipinski definition) is 2. The Hall–Kier alpha value is -1.58. The summed E-state index contributed by atoms with van der Waals surface area (Å²) in [6.07, 6.45) is 2.94. The van der Waals surface area contributed by atoms with Crippen LogP contribution in [0, 0.1) is 0 Å². The highest BCUT2D eigenvalue weighted by molar-refractivity contribution is 6.30. The molecule has 0 radical (unpaired) electrons. The van der Waals surface area contributed by atoms with Crippen LogP contribution in [0.2, 0.25) is 5.02 Å². The Labute approximate surface area is 104 Å². The summed E-state index contributed by atoms with van der Waals surface area (Å²) in [6.45, 7) is 0. The van der Waals surface area contributed by atoms with Gasteiger partial charge in [-0.15, -0.1) is 0 Å². The average Bonchev–Trinajstić information content (AvgIpc) is 2.94. The van der Waals surface area contributed by atoms with Crippen molar-refractivity contribution in [1.82, 2.24) is 4.57 Å². The molecule has 1 saturated heterocycles. The standard InChI is InChI=1S/C13H10ClNO2/c14-10-5-3-9(4-6-10)11-12(17-11)13(16)15-7-1-2-8-15/h1-8,11-12H/t11-,12-/m0/s1. The third kappa shape index (κ3) is 1.99. The second-order valence-corrected chi connectivity index (χ2v) is 4.39. The maximum atomic E-state index is 11.9. The molecule has 1 fully saturated rings. The molecule has 2 atom stereocenters. The van der Waals surface area contributed by atoms with Crippen molar-refractivity contribution >= 4 is 17.5 Å². The molecular formula is C13H10ClNO2. The first-order chi connectivity index (χ1) is 8.25. The van der Waals surface area contributed by atoms with Crippen LogP contribution in [-0.2, 0) is 4.74 Å². The maximum Gasteiger partial charge on any atom is 0.262 e. The average molecular weight is 248 g/mol. The van der Waals surface area contributed by atoms with Gasteiger partial charge >= 0.3 is 0 Å². The monoisotopic (exact) mass is 247 g/mol. The Morgan fingerprint density at radius 2 is 1.82 bits per heavy atom. The van der Waals surface area contributed by atoms with E-state index in [1.165, 1.54) is 0 Å². The third-order valence-electron chi connectivity index (χ3n) is 2.79. The summed E-state index contributed by atoms with van der Waals surface area (Å²) in [5, 5.41) is 0.683. The van der Waals surface area contributed by atoms with Gasteiger partial charge in [0, 0.05) is 17.4 Å². The summed E-state index contributed by atoms with van der Waals surface area (Å²) in [6, 6.07) is 11.0. The molecule has 0 N–H and O–H groups in total. The lowest BCUT2D eigenvalue weighted by Gasteiger charge is -1.98. The van der Waals surface area contributed by atoms with E-state index < -0.39 is 0 Å². The molecule has 2 aromatic rings. The van der Waals surface area contributed by atoms with Crippen LogP contribution in [-0.4, -0.2) is 16.6 Å². The van der Waals surface area contributed by atoms with Crippen LogP contribution < -0.4 is 0 Å². The first-order valence-corrected chi connectivity index (χ1v) is 5.71. The molecule has 0 bridgehead atoms. The van der Waals surface area contributed by atoms with Gasteiger partial charge in [-0.1, -0.05) is 23.7 Å².